The van der Waals surface area contributed by atoms with Crippen LogP contribution in [-0.2, 0) is 0 Å². The molecule has 0 radical (unpaired) electrons. The van der Waals surface area contributed by atoms with Crippen LogP contribution in [0, 0.1) is 0 Å². The molecule has 0 aliphatic carbocycles. The van der Waals surface area contributed by atoms with Gasteiger partial charge in [0, 0.05) is 31.4 Å². The van der Waals surface area contributed by atoms with Crippen molar-refractivity contribution in [3.05, 3.63) is 28.7 Å². The molecule has 0 aromatic carbocycles. The monoisotopic (exact) mass is 193 g/mol. The summed E-state index contributed by atoms with van der Waals surface area (Å²) in [6.45, 7) is 1.72. The summed E-state index contributed by atoms with van der Waals surface area (Å²) in [6.07, 6.45) is 4.09. The Morgan fingerprint density at radius 2 is 2.43 bits per heavy atom. The molecule has 1 atom stereocenters. The third-order valence-corrected chi connectivity index (χ3v) is 2.75. The Kier molecular flexibility index (Phi) is 2.54. The largest absolute Gasteiger partial charge is 0.366 e. The maximum atomic E-state index is 10.9. The van der Waals surface area contributed by atoms with E-state index in [2.05, 4.69) is 9.88 Å². The molecule has 0 bridgehead atoms. The van der Waals surface area contributed by atoms with E-state index in [4.69, 9.17) is 5.73 Å². The Hall–Kier alpha value is -1.29. The zero-order valence-corrected chi connectivity index (χ0v) is 8.07. The number of hydrogen-bond acceptors (Lipinski definition) is 3. The molecule has 0 unspecified atom stereocenters. The number of nitrogens with zero attached hydrogens (tertiary/aromatic N) is 1. The van der Waals surface area contributed by atoms with Crippen LogP contribution in [0.5, 0.6) is 0 Å². The van der Waals surface area contributed by atoms with Gasteiger partial charge in [-0.05, 0) is 18.9 Å². The van der Waals surface area contributed by atoms with E-state index >= 15 is 0 Å². The van der Waals surface area contributed by atoms with Crippen LogP contribution in [0.2, 0.25) is 0 Å². The summed E-state index contributed by atoms with van der Waals surface area (Å²) >= 11 is 0. The molecule has 1 aromatic heterocycles. The quantitative estimate of drug-likeness (QED) is 0.710. The zero-order valence-electron chi connectivity index (χ0n) is 8.07. The Bertz CT molecular complexity index is 340. The Balaban J connectivity index is 2.21. The molecule has 0 amide bonds. The van der Waals surface area contributed by atoms with Crippen molar-refractivity contribution in [3.63, 3.8) is 0 Å². The van der Waals surface area contributed by atoms with Crippen LogP contribution in [0.25, 0.3) is 0 Å². The fourth-order valence-corrected chi connectivity index (χ4v) is 2.00. The number of hydrogen-bond donors (Lipinski definition) is 2. The minimum atomic E-state index is -0.0581. The number of anilines is 1. The predicted molar refractivity (Wildman–Crippen MR) is 56.5 cm³/mol. The minimum Gasteiger partial charge on any atom is -0.366 e. The summed E-state index contributed by atoms with van der Waals surface area (Å²) in [5.74, 6) is 0. The fourth-order valence-electron chi connectivity index (χ4n) is 2.00. The van der Waals surface area contributed by atoms with Gasteiger partial charge >= 0.3 is 0 Å². The van der Waals surface area contributed by atoms with Crippen molar-refractivity contribution in [2.24, 2.45) is 5.73 Å². The van der Waals surface area contributed by atoms with Crippen molar-refractivity contribution < 1.29 is 0 Å². The van der Waals surface area contributed by atoms with Crippen LogP contribution >= 0.6 is 0 Å². The predicted octanol–water partition coefficient (Wildman–Crippen LogP) is 0.302. The molecule has 0 spiro atoms. The van der Waals surface area contributed by atoms with Crippen LogP contribution < -0.4 is 16.2 Å². The van der Waals surface area contributed by atoms with Crippen LogP contribution in [0.15, 0.2) is 23.1 Å². The van der Waals surface area contributed by atoms with Crippen LogP contribution in [0.4, 0.5) is 5.69 Å². The number of aromatic amines is 1. The first-order valence-electron chi connectivity index (χ1n) is 4.96. The van der Waals surface area contributed by atoms with Gasteiger partial charge in [0.2, 0.25) is 5.56 Å². The van der Waals surface area contributed by atoms with E-state index in [0.29, 0.717) is 12.6 Å². The fraction of sp³-hybridized carbons (Fsp3) is 0.500. The Labute approximate surface area is 82.7 Å². The second-order valence-electron chi connectivity index (χ2n) is 3.64. The number of rotatable bonds is 2. The summed E-state index contributed by atoms with van der Waals surface area (Å²) in [5, 5.41) is 0. The number of H-pyrrole nitrogens is 1. The lowest BCUT2D eigenvalue weighted by Crippen LogP contribution is -2.35. The smallest absolute Gasteiger partial charge is 0.248 e. The SMILES string of the molecule is NC[C@H]1CCCN1c1ccc(=O)[nH]c1. The summed E-state index contributed by atoms with van der Waals surface area (Å²) in [6, 6.07) is 3.84. The van der Waals surface area contributed by atoms with Crippen LogP contribution in [0.3, 0.4) is 0 Å². The third kappa shape index (κ3) is 1.65. The molecule has 1 aromatic rings. The number of aromatic nitrogens is 1. The first-order valence-corrected chi connectivity index (χ1v) is 4.96. The van der Waals surface area contributed by atoms with E-state index in [-0.39, 0.29) is 5.56 Å². The topological polar surface area (TPSA) is 62.1 Å². The van der Waals surface area contributed by atoms with Crippen molar-refractivity contribution in [1.29, 1.82) is 0 Å². The minimum absolute atomic E-state index is 0.0581. The van der Waals surface area contributed by atoms with Crippen molar-refractivity contribution in [3.8, 4) is 0 Å². The van der Waals surface area contributed by atoms with Crippen molar-refractivity contribution in [1.82, 2.24) is 4.98 Å². The maximum absolute atomic E-state index is 10.9. The van der Waals surface area contributed by atoms with Gasteiger partial charge in [-0.25, -0.2) is 0 Å². The highest BCUT2D eigenvalue weighted by Crippen LogP contribution is 2.23. The van der Waals surface area contributed by atoms with Gasteiger partial charge in [0.05, 0.1) is 5.69 Å². The van der Waals surface area contributed by atoms with Gasteiger partial charge < -0.3 is 15.6 Å². The highest BCUT2D eigenvalue weighted by atomic mass is 16.1. The van der Waals surface area contributed by atoms with Crippen molar-refractivity contribution in [2.75, 3.05) is 18.0 Å². The van der Waals surface area contributed by atoms with E-state index in [1.54, 1.807) is 12.3 Å². The first kappa shape index (κ1) is 9.27. The van der Waals surface area contributed by atoms with Gasteiger partial charge in [-0.1, -0.05) is 0 Å². The summed E-state index contributed by atoms with van der Waals surface area (Å²) < 4.78 is 0. The third-order valence-electron chi connectivity index (χ3n) is 2.75. The van der Waals surface area contributed by atoms with E-state index in [0.717, 1.165) is 18.7 Å². The van der Waals surface area contributed by atoms with Gasteiger partial charge in [-0.15, -0.1) is 0 Å². The van der Waals surface area contributed by atoms with Gasteiger partial charge in [0.25, 0.3) is 0 Å². The van der Waals surface area contributed by atoms with Crippen molar-refractivity contribution in [2.45, 2.75) is 18.9 Å². The lowest BCUT2D eigenvalue weighted by molar-refractivity contribution is 0.676. The highest BCUT2D eigenvalue weighted by Gasteiger charge is 2.22. The molecule has 3 N–H and O–H groups in total. The average Bonchev–Trinajstić information content (AvgIpc) is 2.67. The molecule has 1 aliphatic heterocycles. The summed E-state index contributed by atoms with van der Waals surface area (Å²) in [4.78, 5) is 15.8. The standard InChI is InChI=1S/C10H15N3O/c11-6-8-2-1-5-13(8)9-3-4-10(14)12-7-9/h3-4,7-8H,1-2,5-6,11H2,(H,12,14)/t8-/m1/s1. The molecule has 2 rings (SSSR count). The van der Waals surface area contributed by atoms with Crippen molar-refractivity contribution >= 4 is 5.69 Å². The second kappa shape index (κ2) is 3.84. The lowest BCUT2D eigenvalue weighted by Gasteiger charge is -2.25. The Morgan fingerprint density at radius 1 is 1.57 bits per heavy atom. The second-order valence-corrected chi connectivity index (χ2v) is 3.64. The lowest BCUT2D eigenvalue weighted by atomic mass is 10.2. The van der Waals surface area contributed by atoms with Gasteiger partial charge in [0.1, 0.15) is 0 Å². The average molecular weight is 193 g/mol. The first-order chi connectivity index (χ1) is 6.81. The molecule has 4 nitrogen and oxygen atoms in total. The Morgan fingerprint density at radius 3 is 3.07 bits per heavy atom. The number of nitrogens with one attached hydrogen (secondary N) is 1. The molecular formula is C10H15N3O. The van der Waals surface area contributed by atoms with Gasteiger partial charge in [-0.3, -0.25) is 4.79 Å². The molecule has 1 saturated heterocycles. The molecule has 4 heteroatoms. The molecule has 14 heavy (non-hydrogen) atoms. The highest BCUT2D eigenvalue weighted by molar-refractivity contribution is 5.45. The summed E-state index contributed by atoms with van der Waals surface area (Å²) in [7, 11) is 0. The molecule has 1 aliphatic rings. The van der Waals surface area contributed by atoms with Gasteiger partial charge in [0.15, 0.2) is 0 Å². The van der Waals surface area contributed by atoms with E-state index < -0.39 is 0 Å². The zero-order chi connectivity index (χ0) is 9.97. The van der Waals surface area contributed by atoms with Gasteiger partial charge in [-0.2, -0.15) is 0 Å². The van der Waals surface area contributed by atoms with E-state index in [1.807, 2.05) is 6.07 Å². The van der Waals surface area contributed by atoms with Crippen LogP contribution in [0.1, 0.15) is 12.8 Å². The number of pyridine rings is 1. The summed E-state index contributed by atoms with van der Waals surface area (Å²) in [5.41, 5.74) is 6.69. The molecule has 1 fully saturated rings. The molecule has 0 saturated carbocycles. The normalized spacial score (nSPS) is 21.5. The van der Waals surface area contributed by atoms with Crippen LogP contribution in [-0.4, -0.2) is 24.1 Å². The van der Waals surface area contributed by atoms with E-state index in [1.165, 1.54) is 6.42 Å². The van der Waals surface area contributed by atoms with E-state index in [9.17, 15) is 4.79 Å². The maximum Gasteiger partial charge on any atom is 0.248 e. The number of nitrogens with two attached hydrogens (primary N) is 1. The molecular weight excluding hydrogens is 178 g/mol. The molecule has 76 valence electrons. The molecule has 2 heterocycles.